The average Bonchev–Trinajstić information content (AvgIpc) is 2.53. The number of rotatable bonds is 10. The lowest BCUT2D eigenvalue weighted by Crippen LogP contribution is -2.30. The van der Waals surface area contributed by atoms with E-state index < -0.39 is 0 Å². The van der Waals surface area contributed by atoms with Crippen LogP contribution in [0, 0.1) is 0 Å². The highest BCUT2D eigenvalue weighted by Gasteiger charge is 2.12. The lowest BCUT2D eigenvalue weighted by Gasteiger charge is -2.11. The summed E-state index contributed by atoms with van der Waals surface area (Å²) in [5.74, 6) is -0.527. The monoisotopic (exact) mass is 343 g/mol. The van der Waals surface area contributed by atoms with Gasteiger partial charge in [-0.25, -0.2) is 0 Å². The Hall–Kier alpha value is -1.63. The van der Waals surface area contributed by atoms with Crippen LogP contribution in [-0.2, 0) is 9.53 Å². The summed E-state index contributed by atoms with van der Waals surface area (Å²) in [6.45, 7) is 3.43. The molecule has 0 saturated heterocycles. The third kappa shape index (κ3) is 8.54. The summed E-state index contributed by atoms with van der Waals surface area (Å²) in [6, 6.07) is 6.85. The Morgan fingerprint density at radius 3 is 2.65 bits per heavy atom. The maximum absolute atomic E-state index is 12.0. The molecule has 6 nitrogen and oxygen atoms in total. The number of amides is 2. The molecule has 0 fully saturated rings. The molecule has 0 heterocycles. The number of carbonyl (C=O) groups excluding carboxylic acids is 2. The fraction of sp³-hybridized carbons (Fsp3) is 0.500. The molecule has 0 aliphatic rings. The van der Waals surface area contributed by atoms with Crippen molar-refractivity contribution in [2.24, 2.45) is 5.73 Å². The van der Waals surface area contributed by atoms with Crippen LogP contribution >= 0.6 is 12.4 Å². The third-order valence-corrected chi connectivity index (χ3v) is 3.00. The van der Waals surface area contributed by atoms with E-state index in [0.29, 0.717) is 30.9 Å². The van der Waals surface area contributed by atoms with Gasteiger partial charge in [-0.3, -0.25) is 9.59 Å². The molecule has 130 valence electrons. The first-order chi connectivity index (χ1) is 10.7. The molecule has 0 aromatic heterocycles. The summed E-state index contributed by atoms with van der Waals surface area (Å²) in [5.41, 5.74) is 6.25. The Morgan fingerprint density at radius 1 is 1.22 bits per heavy atom. The number of benzene rings is 1. The Labute approximate surface area is 143 Å². The van der Waals surface area contributed by atoms with Gasteiger partial charge in [0, 0.05) is 19.7 Å². The number of carbonyl (C=O) groups is 2. The van der Waals surface area contributed by atoms with Crippen molar-refractivity contribution in [2.75, 3.05) is 31.6 Å². The number of nitrogens with one attached hydrogen (secondary N) is 2. The van der Waals surface area contributed by atoms with E-state index in [1.54, 1.807) is 24.3 Å². The molecule has 0 spiro atoms. The molecule has 7 heteroatoms. The Balaban J connectivity index is 0.00000484. The van der Waals surface area contributed by atoms with Gasteiger partial charge in [-0.15, -0.1) is 12.4 Å². The van der Waals surface area contributed by atoms with Crippen LogP contribution < -0.4 is 16.4 Å². The van der Waals surface area contributed by atoms with E-state index in [9.17, 15) is 9.59 Å². The molecular formula is C16H26ClN3O3. The molecule has 0 unspecified atom stereocenters. The predicted molar refractivity (Wildman–Crippen MR) is 94.1 cm³/mol. The van der Waals surface area contributed by atoms with Crippen molar-refractivity contribution >= 4 is 29.9 Å². The average molecular weight is 344 g/mol. The normalized spacial score (nSPS) is 9.83. The van der Waals surface area contributed by atoms with E-state index in [4.69, 9.17) is 10.5 Å². The first kappa shape index (κ1) is 21.4. The second-order valence-corrected chi connectivity index (χ2v) is 4.90. The summed E-state index contributed by atoms with van der Waals surface area (Å²) in [4.78, 5) is 23.8. The number of ether oxygens (including phenoxy) is 1. The largest absolute Gasteiger partial charge is 0.372 e. The summed E-state index contributed by atoms with van der Waals surface area (Å²) in [5, 5.41) is 5.38. The molecule has 0 radical (unpaired) electrons. The molecule has 2 amide bonds. The SMILES string of the molecule is CCCCCOCC(=O)Nc1ccccc1C(=O)NCCN.Cl. The molecule has 0 saturated carbocycles. The first-order valence-corrected chi connectivity index (χ1v) is 7.64. The van der Waals surface area contributed by atoms with Crippen LogP contribution in [0.15, 0.2) is 24.3 Å². The van der Waals surface area contributed by atoms with E-state index in [2.05, 4.69) is 17.6 Å². The van der Waals surface area contributed by atoms with Crippen molar-refractivity contribution in [1.29, 1.82) is 0 Å². The molecule has 0 bridgehead atoms. The van der Waals surface area contributed by atoms with E-state index in [1.165, 1.54) is 0 Å². The highest BCUT2D eigenvalue weighted by atomic mass is 35.5. The molecular weight excluding hydrogens is 318 g/mol. The lowest BCUT2D eigenvalue weighted by molar-refractivity contribution is -0.120. The van der Waals surface area contributed by atoms with Gasteiger partial charge < -0.3 is 21.1 Å². The van der Waals surface area contributed by atoms with Crippen LogP contribution in [0.2, 0.25) is 0 Å². The highest BCUT2D eigenvalue weighted by Crippen LogP contribution is 2.14. The van der Waals surface area contributed by atoms with Crippen molar-refractivity contribution in [2.45, 2.75) is 26.2 Å². The van der Waals surface area contributed by atoms with Crippen LogP contribution in [0.4, 0.5) is 5.69 Å². The predicted octanol–water partition coefficient (Wildman–Crippen LogP) is 1.94. The minimum absolute atomic E-state index is 0. The maximum atomic E-state index is 12.0. The van der Waals surface area contributed by atoms with E-state index in [0.717, 1.165) is 19.3 Å². The fourth-order valence-corrected chi connectivity index (χ4v) is 1.88. The second kappa shape index (κ2) is 12.9. The third-order valence-electron chi connectivity index (χ3n) is 3.00. The number of para-hydroxylation sites is 1. The minimum atomic E-state index is -0.268. The molecule has 0 aliphatic carbocycles. The molecule has 4 N–H and O–H groups in total. The van der Waals surface area contributed by atoms with Crippen molar-refractivity contribution in [3.05, 3.63) is 29.8 Å². The number of anilines is 1. The summed E-state index contributed by atoms with van der Waals surface area (Å²) < 4.78 is 5.31. The Kier molecular flexibility index (Phi) is 12.0. The minimum Gasteiger partial charge on any atom is -0.372 e. The van der Waals surface area contributed by atoms with E-state index in [-0.39, 0.29) is 30.8 Å². The maximum Gasteiger partial charge on any atom is 0.253 e. The van der Waals surface area contributed by atoms with Gasteiger partial charge in [-0.1, -0.05) is 31.9 Å². The quantitative estimate of drug-likeness (QED) is 0.566. The second-order valence-electron chi connectivity index (χ2n) is 4.90. The Bertz CT molecular complexity index is 483. The van der Waals surface area contributed by atoms with Crippen molar-refractivity contribution < 1.29 is 14.3 Å². The number of unbranched alkanes of at least 4 members (excludes halogenated alkanes) is 2. The topological polar surface area (TPSA) is 93.4 Å². The van der Waals surface area contributed by atoms with Crippen LogP contribution in [0.3, 0.4) is 0 Å². The standard InChI is InChI=1S/C16H25N3O3.ClH/c1-2-3-6-11-22-12-15(20)19-14-8-5-4-7-13(14)16(21)18-10-9-17;/h4-5,7-8H,2-3,6,9-12,17H2,1H3,(H,18,21)(H,19,20);1H. The van der Waals surface area contributed by atoms with Crippen LogP contribution in [0.25, 0.3) is 0 Å². The van der Waals surface area contributed by atoms with Crippen molar-refractivity contribution in [1.82, 2.24) is 5.32 Å². The summed E-state index contributed by atoms with van der Waals surface area (Å²) >= 11 is 0. The van der Waals surface area contributed by atoms with E-state index in [1.807, 2.05) is 0 Å². The molecule has 1 aromatic rings. The van der Waals surface area contributed by atoms with Gasteiger partial charge in [-0.2, -0.15) is 0 Å². The fourth-order valence-electron chi connectivity index (χ4n) is 1.88. The highest BCUT2D eigenvalue weighted by molar-refractivity contribution is 6.03. The van der Waals surface area contributed by atoms with E-state index >= 15 is 0 Å². The van der Waals surface area contributed by atoms with Crippen LogP contribution in [-0.4, -0.2) is 38.1 Å². The van der Waals surface area contributed by atoms with Gasteiger partial charge >= 0.3 is 0 Å². The number of halogens is 1. The Morgan fingerprint density at radius 2 is 1.96 bits per heavy atom. The van der Waals surface area contributed by atoms with Gasteiger partial charge in [0.2, 0.25) is 5.91 Å². The van der Waals surface area contributed by atoms with Gasteiger partial charge in [-0.05, 0) is 18.6 Å². The van der Waals surface area contributed by atoms with Crippen LogP contribution in [0.5, 0.6) is 0 Å². The summed E-state index contributed by atoms with van der Waals surface area (Å²) in [7, 11) is 0. The zero-order valence-electron chi connectivity index (χ0n) is 13.5. The van der Waals surface area contributed by atoms with Crippen molar-refractivity contribution in [3.8, 4) is 0 Å². The number of hydrogen-bond donors (Lipinski definition) is 3. The molecule has 1 rings (SSSR count). The van der Waals surface area contributed by atoms with Gasteiger partial charge in [0.05, 0.1) is 11.3 Å². The van der Waals surface area contributed by atoms with Gasteiger partial charge in [0.25, 0.3) is 5.91 Å². The number of nitrogens with two attached hydrogens (primary N) is 1. The van der Waals surface area contributed by atoms with Gasteiger partial charge in [0.15, 0.2) is 0 Å². The summed E-state index contributed by atoms with van der Waals surface area (Å²) in [6.07, 6.45) is 3.15. The van der Waals surface area contributed by atoms with Gasteiger partial charge in [0.1, 0.15) is 6.61 Å². The molecule has 23 heavy (non-hydrogen) atoms. The smallest absolute Gasteiger partial charge is 0.253 e. The van der Waals surface area contributed by atoms with Crippen molar-refractivity contribution in [3.63, 3.8) is 0 Å². The molecule has 0 aliphatic heterocycles. The number of hydrogen-bond acceptors (Lipinski definition) is 4. The first-order valence-electron chi connectivity index (χ1n) is 7.64. The zero-order valence-corrected chi connectivity index (χ0v) is 14.3. The zero-order chi connectivity index (χ0) is 16.2. The molecule has 1 aromatic carbocycles. The van der Waals surface area contributed by atoms with Crippen LogP contribution in [0.1, 0.15) is 36.5 Å². The lowest BCUT2D eigenvalue weighted by atomic mass is 10.1. The molecule has 0 atom stereocenters.